The lowest BCUT2D eigenvalue weighted by Gasteiger charge is -2.27. The first-order chi connectivity index (χ1) is 11.4. The predicted octanol–water partition coefficient (Wildman–Crippen LogP) is 3.00. The number of carbonyl (C=O) groups is 1. The zero-order valence-electron chi connectivity index (χ0n) is 13.6. The highest BCUT2D eigenvalue weighted by molar-refractivity contribution is 5.85. The third-order valence-corrected chi connectivity index (χ3v) is 5.13. The second-order valence-corrected chi connectivity index (χ2v) is 6.57. The quantitative estimate of drug-likeness (QED) is 0.774. The molecule has 2 saturated carbocycles. The fourth-order valence-electron chi connectivity index (χ4n) is 4.00. The van der Waals surface area contributed by atoms with Crippen LogP contribution in [0.4, 0.5) is 13.2 Å². The van der Waals surface area contributed by atoms with Crippen molar-refractivity contribution in [2.24, 2.45) is 23.5 Å². The lowest BCUT2D eigenvalue weighted by Crippen LogP contribution is -2.46. The van der Waals surface area contributed by atoms with Gasteiger partial charge in [-0.05, 0) is 43.2 Å². The van der Waals surface area contributed by atoms with Gasteiger partial charge in [0.05, 0.1) is 18.0 Å². The minimum atomic E-state index is -4.46. The SMILES string of the molecule is Cl.NC1C2CCC(C2)C1C(=O)NCCOc1ccccc1C(F)(F)F. The van der Waals surface area contributed by atoms with Gasteiger partial charge >= 0.3 is 6.18 Å². The van der Waals surface area contributed by atoms with E-state index in [1.807, 2.05) is 0 Å². The molecule has 8 heteroatoms. The topological polar surface area (TPSA) is 64.4 Å². The van der Waals surface area contributed by atoms with Crippen LogP contribution >= 0.6 is 12.4 Å². The van der Waals surface area contributed by atoms with Crippen LogP contribution in [0.15, 0.2) is 24.3 Å². The van der Waals surface area contributed by atoms with Crippen molar-refractivity contribution in [2.45, 2.75) is 31.5 Å². The Bertz CT molecular complexity index is 610. The summed E-state index contributed by atoms with van der Waals surface area (Å²) in [6.45, 7) is 0.139. The van der Waals surface area contributed by atoms with Crippen molar-refractivity contribution in [3.05, 3.63) is 29.8 Å². The number of carbonyl (C=O) groups excluding carboxylic acids is 1. The molecule has 0 radical (unpaired) electrons. The van der Waals surface area contributed by atoms with Crippen LogP contribution in [-0.4, -0.2) is 25.1 Å². The molecule has 1 aromatic rings. The van der Waals surface area contributed by atoms with E-state index in [1.54, 1.807) is 0 Å². The first-order valence-corrected chi connectivity index (χ1v) is 8.20. The molecule has 140 valence electrons. The highest BCUT2D eigenvalue weighted by Gasteiger charge is 2.48. The Kier molecular flexibility index (Phi) is 6.21. The molecule has 4 unspecified atom stereocenters. The monoisotopic (exact) mass is 378 g/mol. The van der Waals surface area contributed by atoms with E-state index in [0.29, 0.717) is 11.8 Å². The van der Waals surface area contributed by atoms with Crippen molar-refractivity contribution >= 4 is 18.3 Å². The Morgan fingerprint density at radius 1 is 1.24 bits per heavy atom. The van der Waals surface area contributed by atoms with Gasteiger partial charge in [-0.1, -0.05) is 12.1 Å². The summed E-state index contributed by atoms with van der Waals surface area (Å²) in [5.41, 5.74) is 5.30. The van der Waals surface area contributed by atoms with Gasteiger partial charge < -0.3 is 15.8 Å². The normalized spacial score (nSPS) is 27.7. The maximum Gasteiger partial charge on any atom is 0.419 e. The van der Waals surface area contributed by atoms with Gasteiger partial charge in [-0.15, -0.1) is 12.4 Å². The van der Waals surface area contributed by atoms with E-state index in [0.717, 1.165) is 25.3 Å². The standard InChI is InChI=1S/C17H21F3N2O2.ClH/c18-17(19,20)12-3-1-2-4-13(12)24-8-7-22-16(23)14-10-5-6-11(9-10)15(14)21;/h1-4,10-11,14-15H,5-9,21H2,(H,22,23);1H. The second kappa shape index (κ2) is 7.83. The Morgan fingerprint density at radius 3 is 2.56 bits per heavy atom. The van der Waals surface area contributed by atoms with Gasteiger partial charge in [0.1, 0.15) is 12.4 Å². The Morgan fingerprint density at radius 2 is 1.92 bits per heavy atom. The van der Waals surface area contributed by atoms with Crippen molar-refractivity contribution in [3.63, 3.8) is 0 Å². The van der Waals surface area contributed by atoms with E-state index in [1.165, 1.54) is 18.2 Å². The molecule has 0 spiro atoms. The maximum atomic E-state index is 12.9. The zero-order valence-corrected chi connectivity index (χ0v) is 14.4. The molecule has 25 heavy (non-hydrogen) atoms. The number of para-hydroxylation sites is 1. The summed E-state index contributed by atoms with van der Waals surface area (Å²) in [7, 11) is 0. The smallest absolute Gasteiger partial charge is 0.419 e. The van der Waals surface area contributed by atoms with Crippen molar-refractivity contribution in [1.82, 2.24) is 5.32 Å². The number of halogens is 4. The fraction of sp³-hybridized carbons (Fsp3) is 0.588. The molecular formula is C17H22ClF3N2O2. The Labute approximate surface area is 150 Å². The van der Waals surface area contributed by atoms with Crippen LogP contribution in [0.3, 0.4) is 0 Å². The molecule has 1 aromatic carbocycles. The largest absolute Gasteiger partial charge is 0.491 e. The molecule has 0 heterocycles. The van der Waals surface area contributed by atoms with Gasteiger partial charge in [0.2, 0.25) is 5.91 Å². The van der Waals surface area contributed by atoms with Crippen LogP contribution < -0.4 is 15.8 Å². The van der Waals surface area contributed by atoms with Crippen molar-refractivity contribution in [2.75, 3.05) is 13.2 Å². The van der Waals surface area contributed by atoms with E-state index < -0.39 is 11.7 Å². The minimum absolute atomic E-state index is 0. The number of fused-ring (bicyclic) bond motifs is 2. The number of hydrogen-bond donors (Lipinski definition) is 2. The van der Waals surface area contributed by atoms with E-state index in [2.05, 4.69) is 5.32 Å². The molecule has 4 nitrogen and oxygen atoms in total. The Hall–Kier alpha value is -1.47. The highest BCUT2D eigenvalue weighted by atomic mass is 35.5. The first kappa shape index (κ1) is 19.8. The lowest BCUT2D eigenvalue weighted by molar-refractivity contribution is -0.139. The number of nitrogens with two attached hydrogens (primary N) is 1. The molecule has 4 atom stereocenters. The van der Waals surface area contributed by atoms with Gasteiger partial charge in [-0.3, -0.25) is 4.79 Å². The molecule has 2 fully saturated rings. The summed E-state index contributed by atoms with van der Waals surface area (Å²) >= 11 is 0. The van der Waals surface area contributed by atoms with Crippen LogP contribution in [0.1, 0.15) is 24.8 Å². The van der Waals surface area contributed by atoms with Crippen molar-refractivity contribution in [3.8, 4) is 5.75 Å². The lowest BCUT2D eigenvalue weighted by atomic mass is 9.84. The average Bonchev–Trinajstić information content (AvgIpc) is 3.12. The van der Waals surface area contributed by atoms with E-state index in [9.17, 15) is 18.0 Å². The number of nitrogens with one attached hydrogen (secondary N) is 1. The van der Waals surface area contributed by atoms with E-state index >= 15 is 0 Å². The molecule has 3 rings (SSSR count). The number of hydrogen-bond acceptors (Lipinski definition) is 3. The van der Waals surface area contributed by atoms with Gasteiger partial charge in [0.15, 0.2) is 0 Å². The van der Waals surface area contributed by atoms with Crippen molar-refractivity contribution < 1.29 is 22.7 Å². The van der Waals surface area contributed by atoms with Crippen LogP contribution in [0.25, 0.3) is 0 Å². The molecule has 0 aliphatic heterocycles. The van der Waals surface area contributed by atoms with Crippen LogP contribution in [0.5, 0.6) is 5.75 Å². The fourth-order valence-corrected chi connectivity index (χ4v) is 4.00. The van der Waals surface area contributed by atoms with Crippen LogP contribution in [0, 0.1) is 17.8 Å². The molecule has 0 aromatic heterocycles. The molecular weight excluding hydrogens is 357 g/mol. The number of rotatable bonds is 5. The number of amides is 1. The molecule has 2 aliphatic carbocycles. The van der Waals surface area contributed by atoms with Gasteiger partial charge in [0, 0.05) is 6.04 Å². The number of alkyl halides is 3. The summed E-state index contributed by atoms with van der Waals surface area (Å²) in [5, 5.41) is 2.74. The number of ether oxygens (including phenoxy) is 1. The first-order valence-electron chi connectivity index (χ1n) is 8.20. The summed E-state index contributed by atoms with van der Waals surface area (Å²) in [5.74, 6) is 0.266. The molecule has 2 aliphatic rings. The molecule has 3 N–H and O–H groups in total. The van der Waals surface area contributed by atoms with Crippen molar-refractivity contribution in [1.29, 1.82) is 0 Å². The van der Waals surface area contributed by atoms with Gasteiger partial charge in [-0.2, -0.15) is 13.2 Å². The van der Waals surface area contributed by atoms with E-state index in [-0.39, 0.29) is 49.2 Å². The van der Waals surface area contributed by atoms with E-state index in [4.69, 9.17) is 10.5 Å². The summed E-state index contributed by atoms with van der Waals surface area (Å²) in [6, 6.07) is 4.94. The zero-order chi connectivity index (χ0) is 17.3. The molecule has 0 saturated heterocycles. The third-order valence-electron chi connectivity index (χ3n) is 5.13. The van der Waals surface area contributed by atoms with Crippen LogP contribution in [0.2, 0.25) is 0 Å². The average molecular weight is 379 g/mol. The second-order valence-electron chi connectivity index (χ2n) is 6.57. The Balaban J connectivity index is 0.00000225. The van der Waals surface area contributed by atoms with Crippen LogP contribution in [-0.2, 0) is 11.0 Å². The predicted molar refractivity (Wildman–Crippen MR) is 89.5 cm³/mol. The summed E-state index contributed by atoms with van der Waals surface area (Å²) in [6.07, 6.45) is -1.33. The third kappa shape index (κ3) is 4.20. The summed E-state index contributed by atoms with van der Waals surface area (Å²) < 4.78 is 43.8. The molecule has 1 amide bonds. The molecule has 2 bridgehead atoms. The highest BCUT2D eigenvalue weighted by Crippen LogP contribution is 2.47. The minimum Gasteiger partial charge on any atom is -0.491 e. The summed E-state index contributed by atoms with van der Waals surface area (Å²) in [4.78, 5) is 12.3. The maximum absolute atomic E-state index is 12.9. The van der Waals surface area contributed by atoms with Gasteiger partial charge in [-0.25, -0.2) is 0 Å². The van der Waals surface area contributed by atoms with Gasteiger partial charge in [0.25, 0.3) is 0 Å². The number of benzene rings is 1.